The lowest BCUT2D eigenvalue weighted by Gasteiger charge is -2.34. The highest BCUT2D eigenvalue weighted by Crippen LogP contribution is 2.32. The quantitative estimate of drug-likeness (QED) is 0.700. The van der Waals surface area contributed by atoms with Gasteiger partial charge < -0.3 is 5.32 Å². The molecule has 0 unspecified atom stereocenters. The van der Waals surface area contributed by atoms with E-state index in [-0.39, 0.29) is 11.3 Å². The third-order valence-corrected chi connectivity index (χ3v) is 3.24. The molecule has 2 heteroatoms. The second-order valence-electron chi connectivity index (χ2n) is 4.82. The van der Waals surface area contributed by atoms with Crippen molar-refractivity contribution < 1.29 is 4.79 Å². The zero-order chi connectivity index (χ0) is 11.2. The fourth-order valence-corrected chi connectivity index (χ4v) is 1.49. The first-order chi connectivity index (χ1) is 6.42. The van der Waals surface area contributed by atoms with Gasteiger partial charge in [0, 0.05) is 13.5 Å². The van der Waals surface area contributed by atoms with Gasteiger partial charge >= 0.3 is 0 Å². The molecule has 0 spiro atoms. The summed E-state index contributed by atoms with van der Waals surface area (Å²) in [6.07, 6.45) is 3.66. The van der Waals surface area contributed by atoms with Gasteiger partial charge in [-0.1, -0.05) is 40.5 Å². The first kappa shape index (κ1) is 13.5. The van der Waals surface area contributed by atoms with E-state index in [0.29, 0.717) is 5.92 Å². The SMILES string of the molecule is CCCC[C@](C)(CNC(C)=O)C(C)C. The zero-order valence-electron chi connectivity index (χ0n) is 10.3. The normalized spacial score (nSPS) is 15.3. The first-order valence-corrected chi connectivity index (χ1v) is 5.67. The summed E-state index contributed by atoms with van der Waals surface area (Å²) >= 11 is 0. The van der Waals surface area contributed by atoms with Gasteiger partial charge in [-0.25, -0.2) is 0 Å². The van der Waals surface area contributed by atoms with Gasteiger partial charge in [-0.3, -0.25) is 4.79 Å². The molecule has 0 aliphatic heterocycles. The Bertz CT molecular complexity index is 177. The summed E-state index contributed by atoms with van der Waals surface area (Å²) < 4.78 is 0. The largest absolute Gasteiger partial charge is 0.356 e. The molecule has 0 aromatic heterocycles. The van der Waals surface area contributed by atoms with Crippen molar-refractivity contribution in [2.24, 2.45) is 11.3 Å². The van der Waals surface area contributed by atoms with Gasteiger partial charge in [-0.2, -0.15) is 0 Å². The lowest BCUT2D eigenvalue weighted by atomic mass is 9.75. The van der Waals surface area contributed by atoms with E-state index < -0.39 is 0 Å². The molecule has 14 heavy (non-hydrogen) atoms. The van der Waals surface area contributed by atoms with E-state index in [1.807, 2.05) is 0 Å². The third kappa shape index (κ3) is 4.64. The van der Waals surface area contributed by atoms with Crippen LogP contribution in [0.5, 0.6) is 0 Å². The van der Waals surface area contributed by atoms with Crippen molar-refractivity contribution in [3.63, 3.8) is 0 Å². The summed E-state index contributed by atoms with van der Waals surface area (Å²) in [5.74, 6) is 0.689. The molecule has 0 fully saturated rings. The lowest BCUT2D eigenvalue weighted by Crippen LogP contribution is -2.38. The molecule has 84 valence electrons. The molecule has 0 saturated heterocycles. The second-order valence-corrected chi connectivity index (χ2v) is 4.82. The Kier molecular flexibility index (Phi) is 5.82. The maximum Gasteiger partial charge on any atom is 0.216 e. The number of amides is 1. The predicted octanol–water partition coefficient (Wildman–Crippen LogP) is 2.98. The summed E-state index contributed by atoms with van der Waals surface area (Å²) in [7, 11) is 0. The van der Waals surface area contributed by atoms with Gasteiger partial charge in [0.25, 0.3) is 0 Å². The molecule has 1 atom stereocenters. The average Bonchev–Trinajstić information content (AvgIpc) is 2.11. The zero-order valence-corrected chi connectivity index (χ0v) is 10.3. The molecule has 0 aliphatic carbocycles. The van der Waals surface area contributed by atoms with Gasteiger partial charge in [0.05, 0.1) is 0 Å². The Morgan fingerprint density at radius 1 is 1.43 bits per heavy atom. The van der Waals surface area contributed by atoms with Crippen molar-refractivity contribution in [2.75, 3.05) is 6.54 Å². The molecule has 0 rings (SSSR count). The topological polar surface area (TPSA) is 29.1 Å². The van der Waals surface area contributed by atoms with Crippen molar-refractivity contribution in [1.82, 2.24) is 5.32 Å². The van der Waals surface area contributed by atoms with E-state index in [9.17, 15) is 4.79 Å². The fraction of sp³-hybridized carbons (Fsp3) is 0.917. The van der Waals surface area contributed by atoms with E-state index in [2.05, 4.69) is 33.0 Å². The van der Waals surface area contributed by atoms with E-state index >= 15 is 0 Å². The minimum absolute atomic E-state index is 0.0772. The summed E-state index contributed by atoms with van der Waals surface area (Å²) in [5.41, 5.74) is 0.252. The molecule has 0 heterocycles. The van der Waals surface area contributed by atoms with Crippen LogP contribution in [0.25, 0.3) is 0 Å². The minimum atomic E-state index is 0.0772. The smallest absolute Gasteiger partial charge is 0.216 e. The Labute approximate surface area is 88.5 Å². The molecule has 1 N–H and O–H groups in total. The predicted molar refractivity (Wildman–Crippen MR) is 61.2 cm³/mol. The van der Waals surface area contributed by atoms with Crippen molar-refractivity contribution in [3.05, 3.63) is 0 Å². The Balaban J connectivity index is 4.16. The highest BCUT2D eigenvalue weighted by molar-refractivity contribution is 5.72. The number of carbonyl (C=O) groups is 1. The van der Waals surface area contributed by atoms with Crippen molar-refractivity contribution in [1.29, 1.82) is 0 Å². The van der Waals surface area contributed by atoms with Gasteiger partial charge in [0.15, 0.2) is 0 Å². The highest BCUT2D eigenvalue weighted by Gasteiger charge is 2.27. The number of unbranched alkanes of at least 4 members (excludes halogenated alkanes) is 1. The number of nitrogens with one attached hydrogen (secondary N) is 1. The van der Waals surface area contributed by atoms with Crippen LogP contribution in [0.4, 0.5) is 0 Å². The minimum Gasteiger partial charge on any atom is -0.356 e. The molecular weight excluding hydrogens is 174 g/mol. The number of hydrogen-bond acceptors (Lipinski definition) is 1. The Morgan fingerprint density at radius 3 is 2.36 bits per heavy atom. The van der Waals surface area contributed by atoms with Gasteiger partial charge in [0.2, 0.25) is 5.91 Å². The monoisotopic (exact) mass is 199 g/mol. The molecule has 0 aromatic rings. The lowest BCUT2D eigenvalue weighted by molar-refractivity contribution is -0.119. The molecule has 0 bridgehead atoms. The van der Waals surface area contributed by atoms with Gasteiger partial charge in [-0.15, -0.1) is 0 Å². The van der Waals surface area contributed by atoms with E-state index in [1.165, 1.54) is 19.3 Å². The van der Waals surface area contributed by atoms with Crippen LogP contribution in [0.1, 0.15) is 53.9 Å². The number of rotatable bonds is 6. The highest BCUT2D eigenvalue weighted by atomic mass is 16.1. The molecule has 1 amide bonds. The Hall–Kier alpha value is -0.530. The second kappa shape index (κ2) is 6.05. The average molecular weight is 199 g/mol. The van der Waals surface area contributed by atoms with Crippen LogP contribution in [-0.4, -0.2) is 12.5 Å². The van der Waals surface area contributed by atoms with Crippen LogP contribution >= 0.6 is 0 Å². The summed E-state index contributed by atoms with van der Waals surface area (Å²) in [4.78, 5) is 10.9. The van der Waals surface area contributed by atoms with Crippen LogP contribution in [-0.2, 0) is 4.79 Å². The molecule has 0 radical (unpaired) electrons. The maximum absolute atomic E-state index is 10.9. The van der Waals surface area contributed by atoms with E-state index in [1.54, 1.807) is 6.92 Å². The van der Waals surface area contributed by atoms with Gasteiger partial charge in [-0.05, 0) is 17.8 Å². The number of carbonyl (C=O) groups excluding carboxylic acids is 1. The van der Waals surface area contributed by atoms with Crippen LogP contribution in [0, 0.1) is 11.3 Å². The molecule has 2 nitrogen and oxygen atoms in total. The van der Waals surface area contributed by atoms with Crippen LogP contribution < -0.4 is 5.32 Å². The van der Waals surface area contributed by atoms with Crippen LogP contribution in [0.15, 0.2) is 0 Å². The van der Waals surface area contributed by atoms with Crippen molar-refractivity contribution in [3.8, 4) is 0 Å². The van der Waals surface area contributed by atoms with Crippen LogP contribution in [0.3, 0.4) is 0 Å². The molecule has 0 saturated carbocycles. The molecular formula is C12H25NO. The van der Waals surface area contributed by atoms with Crippen molar-refractivity contribution >= 4 is 5.91 Å². The fourth-order valence-electron chi connectivity index (χ4n) is 1.49. The first-order valence-electron chi connectivity index (χ1n) is 5.67. The Morgan fingerprint density at radius 2 is 2.00 bits per heavy atom. The summed E-state index contributed by atoms with van der Waals surface area (Å²) in [5, 5.41) is 2.94. The summed E-state index contributed by atoms with van der Waals surface area (Å²) in [6, 6.07) is 0. The third-order valence-electron chi connectivity index (χ3n) is 3.24. The molecule has 0 aromatic carbocycles. The van der Waals surface area contributed by atoms with Crippen LogP contribution in [0.2, 0.25) is 0 Å². The van der Waals surface area contributed by atoms with Crippen molar-refractivity contribution in [2.45, 2.75) is 53.9 Å². The number of hydrogen-bond donors (Lipinski definition) is 1. The standard InChI is InChI=1S/C12H25NO/c1-6-7-8-12(5,10(2)3)9-13-11(4)14/h10H,6-9H2,1-5H3,(H,13,14)/t12-/m1/s1. The van der Waals surface area contributed by atoms with Gasteiger partial charge in [0.1, 0.15) is 0 Å². The van der Waals surface area contributed by atoms with E-state index in [0.717, 1.165) is 6.54 Å². The maximum atomic E-state index is 10.9. The summed E-state index contributed by atoms with van der Waals surface area (Å²) in [6.45, 7) is 11.3. The van der Waals surface area contributed by atoms with E-state index in [4.69, 9.17) is 0 Å². The molecule has 0 aliphatic rings.